The second-order valence-corrected chi connectivity index (χ2v) is 6.94. The molecule has 0 N–H and O–H groups in total. The summed E-state index contributed by atoms with van der Waals surface area (Å²) in [6.45, 7) is 3.39. The fourth-order valence-corrected chi connectivity index (χ4v) is 3.80. The number of benzene rings is 1. The van der Waals surface area contributed by atoms with E-state index in [0.29, 0.717) is 17.4 Å². The van der Waals surface area contributed by atoms with Gasteiger partial charge in [0.25, 0.3) is 5.91 Å². The van der Waals surface area contributed by atoms with E-state index < -0.39 is 0 Å². The van der Waals surface area contributed by atoms with Gasteiger partial charge in [-0.1, -0.05) is 18.2 Å². The van der Waals surface area contributed by atoms with Gasteiger partial charge in [0.1, 0.15) is 11.5 Å². The molecular formula is C21H22N4O. The standard InChI is InChI=1S/C21H22N4O/c1-15-22-11-9-20(24-15)21(26)25-12-4-5-16(14-25)13-17-8-10-23-19-7-3-2-6-18(17)19/h2-3,6-11,16H,4-5,12-14H2,1H3/t16-/m1/s1. The molecule has 3 aromatic rings. The molecule has 1 saturated heterocycles. The Morgan fingerprint density at radius 3 is 2.88 bits per heavy atom. The molecule has 0 radical (unpaired) electrons. The predicted molar refractivity (Wildman–Crippen MR) is 101 cm³/mol. The number of carbonyl (C=O) groups is 1. The van der Waals surface area contributed by atoms with Gasteiger partial charge in [0, 0.05) is 30.9 Å². The number of hydrogen-bond acceptors (Lipinski definition) is 4. The van der Waals surface area contributed by atoms with E-state index in [1.165, 1.54) is 10.9 Å². The van der Waals surface area contributed by atoms with Crippen molar-refractivity contribution in [3.63, 3.8) is 0 Å². The Bertz CT molecular complexity index is 935. The molecule has 5 heteroatoms. The molecule has 1 amide bonds. The van der Waals surface area contributed by atoms with Gasteiger partial charge in [-0.25, -0.2) is 9.97 Å². The summed E-state index contributed by atoms with van der Waals surface area (Å²) >= 11 is 0. The van der Waals surface area contributed by atoms with Crippen LogP contribution >= 0.6 is 0 Å². The van der Waals surface area contributed by atoms with Gasteiger partial charge in [0.15, 0.2) is 0 Å². The van der Waals surface area contributed by atoms with Crippen molar-refractivity contribution in [2.75, 3.05) is 13.1 Å². The van der Waals surface area contributed by atoms with Gasteiger partial charge in [-0.15, -0.1) is 0 Å². The van der Waals surface area contributed by atoms with Crippen LogP contribution in [0, 0.1) is 12.8 Å². The lowest BCUT2D eigenvalue weighted by molar-refractivity contribution is 0.0667. The lowest BCUT2D eigenvalue weighted by Gasteiger charge is -2.33. The summed E-state index contributed by atoms with van der Waals surface area (Å²) in [7, 11) is 0. The number of carbonyl (C=O) groups excluding carboxylic acids is 1. The zero-order valence-electron chi connectivity index (χ0n) is 14.9. The Morgan fingerprint density at radius 2 is 2.00 bits per heavy atom. The maximum Gasteiger partial charge on any atom is 0.272 e. The number of nitrogens with zero attached hydrogens (tertiary/aromatic N) is 4. The van der Waals surface area contributed by atoms with Gasteiger partial charge in [-0.3, -0.25) is 9.78 Å². The maximum absolute atomic E-state index is 12.8. The molecule has 0 bridgehead atoms. The summed E-state index contributed by atoms with van der Waals surface area (Å²) in [6.07, 6.45) is 6.68. The number of para-hydroxylation sites is 1. The molecule has 0 spiro atoms. The SMILES string of the molecule is Cc1nccc(C(=O)N2CCC[C@H](Cc3ccnc4ccccc34)C2)n1. The zero-order valence-corrected chi connectivity index (χ0v) is 14.9. The van der Waals surface area contributed by atoms with E-state index >= 15 is 0 Å². The van der Waals surface area contributed by atoms with Crippen molar-refractivity contribution in [2.45, 2.75) is 26.2 Å². The van der Waals surface area contributed by atoms with Crippen LogP contribution in [0.3, 0.4) is 0 Å². The van der Waals surface area contributed by atoms with E-state index in [-0.39, 0.29) is 5.91 Å². The molecule has 1 aliphatic rings. The minimum Gasteiger partial charge on any atom is -0.337 e. The van der Waals surface area contributed by atoms with E-state index in [2.05, 4.69) is 33.2 Å². The van der Waals surface area contributed by atoms with E-state index in [1.807, 2.05) is 30.2 Å². The lowest BCUT2D eigenvalue weighted by atomic mass is 9.90. The minimum atomic E-state index is 0.0137. The van der Waals surface area contributed by atoms with Gasteiger partial charge < -0.3 is 4.90 Å². The number of fused-ring (bicyclic) bond motifs is 1. The molecule has 1 atom stereocenters. The van der Waals surface area contributed by atoms with Crippen LogP contribution in [-0.2, 0) is 6.42 Å². The molecule has 1 aromatic carbocycles. The van der Waals surface area contributed by atoms with E-state index in [4.69, 9.17) is 0 Å². The minimum absolute atomic E-state index is 0.0137. The topological polar surface area (TPSA) is 59.0 Å². The van der Waals surface area contributed by atoms with Crippen LogP contribution in [0.5, 0.6) is 0 Å². The molecule has 26 heavy (non-hydrogen) atoms. The molecule has 0 unspecified atom stereocenters. The van der Waals surface area contributed by atoms with Gasteiger partial charge in [-0.2, -0.15) is 0 Å². The molecule has 4 rings (SSSR count). The molecule has 1 aliphatic heterocycles. The molecule has 0 saturated carbocycles. The van der Waals surface area contributed by atoms with Gasteiger partial charge in [0.2, 0.25) is 0 Å². The van der Waals surface area contributed by atoms with Crippen LogP contribution in [0.25, 0.3) is 10.9 Å². The van der Waals surface area contributed by atoms with Crippen molar-refractivity contribution in [3.05, 3.63) is 65.9 Å². The largest absolute Gasteiger partial charge is 0.337 e. The van der Waals surface area contributed by atoms with Crippen molar-refractivity contribution in [3.8, 4) is 0 Å². The molecule has 132 valence electrons. The highest BCUT2D eigenvalue weighted by Gasteiger charge is 2.25. The van der Waals surface area contributed by atoms with Crippen molar-refractivity contribution < 1.29 is 4.79 Å². The smallest absolute Gasteiger partial charge is 0.272 e. The van der Waals surface area contributed by atoms with Crippen molar-refractivity contribution in [1.29, 1.82) is 0 Å². The van der Waals surface area contributed by atoms with Crippen molar-refractivity contribution in [1.82, 2.24) is 19.9 Å². The predicted octanol–water partition coefficient (Wildman–Crippen LogP) is 3.43. The molecule has 3 heterocycles. The Hall–Kier alpha value is -2.82. The highest BCUT2D eigenvalue weighted by molar-refractivity contribution is 5.92. The number of piperidine rings is 1. The third kappa shape index (κ3) is 3.43. The van der Waals surface area contributed by atoms with E-state index in [9.17, 15) is 4.79 Å². The summed E-state index contributed by atoms with van der Waals surface area (Å²) < 4.78 is 0. The molecular weight excluding hydrogens is 324 g/mol. The zero-order chi connectivity index (χ0) is 17.9. The summed E-state index contributed by atoms with van der Waals surface area (Å²) in [4.78, 5) is 27.5. The van der Waals surface area contributed by atoms with Gasteiger partial charge >= 0.3 is 0 Å². The van der Waals surface area contributed by atoms with Gasteiger partial charge in [0.05, 0.1) is 5.52 Å². The average molecular weight is 346 g/mol. The Balaban J connectivity index is 1.51. The second-order valence-electron chi connectivity index (χ2n) is 6.94. The fraction of sp³-hybridized carbons (Fsp3) is 0.333. The number of hydrogen-bond donors (Lipinski definition) is 0. The van der Waals surface area contributed by atoms with Crippen LogP contribution in [0.1, 0.15) is 34.7 Å². The number of pyridine rings is 1. The molecule has 5 nitrogen and oxygen atoms in total. The third-order valence-corrected chi connectivity index (χ3v) is 5.05. The van der Waals surface area contributed by atoms with Crippen LogP contribution in [0.4, 0.5) is 0 Å². The third-order valence-electron chi connectivity index (χ3n) is 5.05. The number of aryl methyl sites for hydroxylation is 1. The number of rotatable bonds is 3. The molecule has 1 fully saturated rings. The highest BCUT2D eigenvalue weighted by Crippen LogP contribution is 2.25. The Morgan fingerprint density at radius 1 is 1.15 bits per heavy atom. The van der Waals surface area contributed by atoms with Crippen molar-refractivity contribution >= 4 is 16.8 Å². The lowest BCUT2D eigenvalue weighted by Crippen LogP contribution is -2.41. The first-order valence-corrected chi connectivity index (χ1v) is 9.12. The Labute approximate surface area is 153 Å². The normalized spacial score (nSPS) is 17.4. The monoisotopic (exact) mass is 346 g/mol. The fourth-order valence-electron chi connectivity index (χ4n) is 3.80. The summed E-state index contributed by atoms with van der Waals surface area (Å²) in [5, 5.41) is 1.21. The maximum atomic E-state index is 12.8. The first-order valence-electron chi connectivity index (χ1n) is 9.12. The van der Waals surface area contributed by atoms with Crippen LogP contribution in [0.2, 0.25) is 0 Å². The van der Waals surface area contributed by atoms with Crippen LogP contribution < -0.4 is 0 Å². The van der Waals surface area contributed by atoms with Crippen molar-refractivity contribution in [2.24, 2.45) is 5.92 Å². The van der Waals surface area contributed by atoms with Crippen LogP contribution in [-0.4, -0.2) is 38.8 Å². The summed E-state index contributed by atoms with van der Waals surface area (Å²) in [5.74, 6) is 1.11. The summed E-state index contributed by atoms with van der Waals surface area (Å²) in [5.41, 5.74) is 2.84. The number of aromatic nitrogens is 3. The number of amides is 1. The summed E-state index contributed by atoms with van der Waals surface area (Å²) in [6, 6.07) is 12.1. The second kappa shape index (κ2) is 7.20. The van der Waals surface area contributed by atoms with Gasteiger partial charge in [-0.05, 0) is 55.9 Å². The average Bonchev–Trinajstić information content (AvgIpc) is 2.68. The first-order chi connectivity index (χ1) is 12.7. The molecule has 0 aliphatic carbocycles. The van der Waals surface area contributed by atoms with E-state index in [1.54, 1.807) is 12.3 Å². The number of likely N-dealkylation sites (tertiary alicyclic amines) is 1. The first kappa shape index (κ1) is 16.6. The highest BCUT2D eigenvalue weighted by atomic mass is 16.2. The van der Waals surface area contributed by atoms with E-state index in [0.717, 1.165) is 37.9 Å². The Kier molecular flexibility index (Phi) is 4.61. The van der Waals surface area contributed by atoms with Crippen LogP contribution in [0.15, 0.2) is 48.8 Å². The molecule has 2 aromatic heterocycles. The quantitative estimate of drug-likeness (QED) is 0.729.